The molecule has 2 aliphatic rings. The van der Waals surface area contributed by atoms with Gasteiger partial charge in [0.05, 0.1) is 12.2 Å². The van der Waals surface area contributed by atoms with E-state index in [9.17, 15) is 4.79 Å². The van der Waals surface area contributed by atoms with Gasteiger partial charge in [0.15, 0.2) is 0 Å². The highest BCUT2D eigenvalue weighted by Crippen LogP contribution is 2.40. The molecule has 1 aliphatic carbocycles. The lowest BCUT2D eigenvalue weighted by molar-refractivity contribution is -0.130. The molecular formula is C15H28N2OS. The number of amides is 1. The summed E-state index contributed by atoms with van der Waals surface area (Å²) in [4.78, 5) is 14.6. The number of thioether (sulfide) groups is 1. The smallest absolute Gasteiger partial charge is 0.241 e. The molecule has 0 aromatic rings. The van der Waals surface area contributed by atoms with Gasteiger partial charge in [0.1, 0.15) is 0 Å². The lowest BCUT2D eigenvalue weighted by Crippen LogP contribution is -2.46. The third-order valence-electron chi connectivity index (χ3n) is 4.72. The minimum absolute atomic E-state index is 0.0579. The summed E-state index contributed by atoms with van der Waals surface area (Å²) >= 11 is 1.98. The van der Waals surface area contributed by atoms with Crippen LogP contribution in [0, 0.1) is 0 Å². The largest absolute Gasteiger partial charge is 0.325 e. The molecule has 1 heterocycles. The number of hydrogen-bond donors (Lipinski definition) is 1. The Morgan fingerprint density at radius 1 is 1.37 bits per heavy atom. The van der Waals surface area contributed by atoms with Crippen LogP contribution in [0.25, 0.3) is 0 Å². The van der Waals surface area contributed by atoms with Crippen LogP contribution >= 0.6 is 11.8 Å². The van der Waals surface area contributed by atoms with Gasteiger partial charge in [-0.1, -0.05) is 32.6 Å². The zero-order valence-corrected chi connectivity index (χ0v) is 13.4. The zero-order chi connectivity index (χ0) is 13.9. The summed E-state index contributed by atoms with van der Waals surface area (Å²) in [6, 6.07) is 0.0579. The normalized spacial score (nSPS) is 30.9. The Hall–Kier alpha value is -0.220. The van der Waals surface area contributed by atoms with E-state index in [4.69, 9.17) is 0 Å². The van der Waals surface area contributed by atoms with Crippen LogP contribution in [-0.2, 0) is 4.79 Å². The van der Waals surface area contributed by atoms with Crippen molar-refractivity contribution < 1.29 is 4.79 Å². The van der Waals surface area contributed by atoms with Crippen molar-refractivity contribution in [2.45, 2.75) is 75.7 Å². The molecule has 1 N–H and O–H groups in total. The molecule has 1 saturated heterocycles. The number of carbonyl (C=O) groups is 1. The summed E-state index contributed by atoms with van der Waals surface area (Å²) in [7, 11) is 0. The molecule has 3 nitrogen and oxygen atoms in total. The van der Waals surface area contributed by atoms with Crippen LogP contribution in [0.3, 0.4) is 0 Å². The van der Waals surface area contributed by atoms with Gasteiger partial charge < -0.3 is 4.90 Å². The molecule has 1 amide bonds. The molecule has 2 atom stereocenters. The summed E-state index contributed by atoms with van der Waals surface area (Å²) in [6.45, 7) is 5.21. The Labute approximate surface area is 121 Å². The monoisotopic (exact) mass is 284 g/mol. The summed E-state index contributed by atoms with van der Waals surface area (Å²) in [5.74, 6) is 0.327. The first kappa shape index (κ1) is 15.2. The summed E-state index contributed by atoms with van der Waals surface area (Å²) < 4.78 is 0.310. The van der Waals surface area contributed by atoms with Gasteiger partial charge in [0.2, 0.25) is 5.91 Å². The van der Waals surface area contributed by atoms with E-state index in [-0.39, 0.29) is 12.2 Å². The van der Waals surface area contributed by atoms with E-state index in [0.29, 0.717) is 10.7 Å². The summed E-state index contributed by atoms with van der Waals surface area (Å²) in [5.41, 5.74) is 0. The van der Waals surface area contributed by atoms with Gasteiger partial charge in [-0.2, -0.15) is 11.8 Å². The molecule has 2 rings (SSSR count). The van der Waals surface area contributed by atoms with Crippen molar-refractivity contribution in [1.29, 1.82) is 0 Å². The first-order valence-electron chi connectivity index (χ1n) is 7.73. The highest BCUT2D eigenvalue weighted by atomic mass is 32.2. The maximum absolute atomic E-state index is 12.5. The number of hydrogen-bond acceptors (Lipinski definition) is 3. The second-order valence-corrected chi connectivity index (χ2v) is 7.37. The molecule has 1 aliphatic heterocycles. The van der Waals surface area contributed by atoms with Gasteiger partial charge in [-0.05, 0) is 32.4 Å². The second kappa shape index (κ2) is 6.49. The van der Waals surface area contributed by atoms with Gasteiger partial charge >= 0.3 is 0 Å². The van der Waals surface area contributed by atoms with Crippen LogP contribution in [0.1, 0.15) is 58.8 Å². The molecule has 2 fully saturated rings. The van der Waals surface area contributed by atoms with Crippen molar-refractivity contribution >= 4 is 17.7 Å². The third kappa shape index (κ3) is 3.27. The predicted molar refractivity (Wildman–Crippen MR) is 82.3 cm³/mol. The zero-order valence-electron chi connectivity index (χ0n) is 12.6. The van der Waals surface area contributed by atoms with Crippen LogP contribution in [0.2, 0.25) is 0 Å². The number of rotatable bonds is 5. The van der Waals surface area contributed by atoms with E-state index in [2.05, 4.69) is 30.3 Å². The average molecular weight is 284 g/mol. The van der Waals surface area contributed by atoms with Gasteiger partial charge in [0, 0.05) is 11.3 Å². The maximum Gasteiger partial charge on any atom is 0.241 e. The molecule has 0 spiro atoms. The van der Waals surface area contributed by atoms with Crippen molar-refractivity contribution in [2.24, 2.45) is 0 Å². The molecule has 0 bridgehead atoms. The van der Waals surface area contributed by atoms with E-state index in [0.717, 1.165) is 19.4 Å². The molecule has 2 unspecified atom stereocenters. The molecule has 0 aromatic heterocycles. The molecule has 19 heavy (non-hydrogen) atoms. The minimum atomic E-state index is 0.0579. The first-order chi connectivity index (χ1) is 9.12. The third-order valence-corrected chi connectivity index (χ3v) is 6.13. The average Bonchev–Trinajstić information content (AvgIpc) is 2.68. The number of nitrogens with one attached hydrogen (secondary N) is 1. The van der Waals surface area contributed by atoms with Crippen LogP contribution in [0.4, 0.5) is 0 Å². The standard InChI is InChI=1S/C15H28N2OS/c1-4-8-13-14(18)17(12(2)16-13)11-15(19-3)9-6-5-7-10-15/h12-13,16H,4-11H2,1-3H3. The van der Waals surface area contributed by atoms with Crippen molar-refractivity contribution in [2.75, 3.05) is 12.8 Å². The van der Waals surface area contributed by atoms with Crippen molar-refractivity contribution in [3.63, 3.8) is 0 Å². The van der Waals surface area contributed by atoms with E-state index < -0.39 is 0 Å². The second-order valence-electron chi connectivity index (χ2n) is 6.10. The van der Waals surface area contributed by atoms with Crippen molar-refractivity contribution in [1.82, 2.24) is 10.2 Å². The topological polar surface area (TPSA) is 32.3 Å². The summed E-state index contributed by atoms with van der Waals surface area (Å²) in [5, 5.41) is 3.45. The fourth-order valence-corrected chi connectivity index (χ4v) is 4.45. The van der Waals surface area contributed by atoms with Gasteiger partial charge in [-0.3, -0.25) is 10.1 Å². The van der Waals surface area contributed by atoms with E-state index in [1.165, 1.54) is 32.1 Å². The predicted octanol–water partition coefficient (Wildman–Crippen LogP) is 3.00. The fourth-order valence-electron chi connectivity index (χ4n) is 3.49. The molecule has 4 heteroatoms. The Kier molecular flexibility index (Phi) is 5.18. The molecule has 1 saturated carbocycles. The summed E-state index contributed by atoms with van der Waals surface area (Å²) in [6.07, 6.45) is 11.0. The lowest BCUT2D eigenvalue weighted by atomic mass is 9.87. The Bertz CT molecular complexity index is 315. The van der Waals surface area contributed by atoms with Crippen LogP contribution < -0.4 is 5.32 Å². The van der Waals surface area contributed by atoms with Crippen molar-refractivity contribution in [3.8, 4) is 0 Å². The highest BCUT2D eigenvalue weighted by Gasteiger charge is 2.41. The molecule has 110 valence electrons. The fraction of sp³-hybridized carbons (Fsp3) is 0.933. The van der Waals surface area contributed by atoms with Crippen molar-refractivity contribution in [3.05, 3.63) is 0 Å². The lowest BCUT2D eigenvalue weighted by Gasteiger charge is -2.39. The molecule has 0 aromatic carbocycles. The molecular weight excluding hydrogens is 256 g/mol. The Morgan fingerprint density at radius 2 is 2.05 bits per heavy atom. The van der Waals surface area contributed by atoms with Crippen LogP contribution in [0.15, 0.2) is 0 Å². The highest BCUT2D eigenvalue weighted by molar-refractivity contribution is 8.00. The SMILES string of the molecule is CCCC1NC(C)N(CC2(SC)CCCCC2)C1=O. The van der Waals surface area contributed by atoms with Gasteiger partial charge in [-0.15, -0.1) is 0 Å². The Morgan fingerprint density at radius 3 is 2.63 bits per heavy atom. The minimum Gasteiger partial charge on any atom is -0.325 e. The molecule has 0 radical (unpaired) electrons. The van der Waals surface area contributed by atoms with Gasteiger partial charge in [-0.25, -0.2) is 0 Å². The van der Waals surface area contributed by atoms with E-state index in [1.54, 1.807) is 0 Å². The quantitative estimate of drug-likeness (QED) is 0.842. The van der Waals surface area contributed by atoms with Crippen LogP contribution in [-0.4, -0.2) is 40.6 Å². The van der Waals surface area contributed by atoms with Crippen LogP contribution in [0.5, 0.6) is 0 Å². The van der Waals surface area contributed by atoms with Gasteiger partial charge in [0.25, 0.3) is 0 Å². The first-order valence-corrected chi connectivity index (χ1v) is 8.96. The van der Waals surface area contributed by atoms with E-state index in [1.807, 2.05) is 11.8 Å². The number of nitrogens with zero attached hydrogens (tertiary/aromatic N) is 1. The van der Waals surface area contributed by atoms with E-state index >= 15 is 0 Å². The Balaban J connectivity index is 2.02. The maximum atomic E-state index is 12.5. The number of carbonyl (C=O) groups excluding carboxylic acids is 1.